The minimum Gasteiger partial charge on any atom is -0.314 e. The summed E-state index contributed by atoms with van der Waals surface area (Å²) in [7, 11) is 0. The molecular weight excluding hydrogens is 251 g/mol. The predicted molar refractivity (Wildman–Crippen MR) is 63.3 cm³/mol. The van der Waals surface area contributed by atoms with E-state index in [0.717, 1.165) is 12.6 Å². The van der Waals surface area contributed by atoms with Crippen LogP contribution in [0, 0.1) is 0 Å². The van der Waals surface area contributed by atoms with Crippen molar-refractivity contribution in [1.29, 1.82) is 0 Å². The van der Waals surface area contributed by atoms with E-state index in [4.69, 9.17) is 11.6 Å². The Bertz CT molecular complexity index is 377. The lowest BCUT2D eigenvalue weighted by atomic mass is 10.0. The molecule has 0 amide bonds. The number of halogens is 4. The largest absolute Gasteiger partial charge is 0.417 e. The molecule has 5 heteroatoms. The van der Waals surface area contributed by atoms with Gasteiger partial charge in [-0.15, -0.1) is 0 Å². The molecule has 0 fully saturated rings. The second-order valence-electron chi connectivity index (χ2n) is 3.97. The van der Waals surface area contributed by atoms with E-state index < -0.39 is 11.7 Å². The SMILES string of the molecule is CCNC(C)Cc1ccc(Cl)c(C(F)(F)F)c1. The van der Waals surface area contributed by atoms with Crippen LogP contribution in [0.1, 0.15) is 25.0 Å². The summed E-state index contributed by atoms with van der Waals surface area (Å²) in [6.07, 6.45) is -3.84. The first-order valence-corrected chi connectivity index (χ1v) is 5.81. The van der Waals surface area contributed by atoms with Gasteiger partial charge in [0.2, 0.25) is 0 Å². The summed E-state index contributed by atoms with van der Waals surface area (Å²) in [5.41, 5.74) is -0.129. The smallest absolute Gasteiger partial charge is 0.314 e. The highest BCUT2D eigenvalue weighted by Gasteiger charge is 2.33. The molecule has 0 heterocycles. The number of hydrogen-bond acceptors (Lipinski definition) is 1. The van der Waals surface area contributed by atoms with Gasteiger partial charge in [0.15, 0.2) is 0 Å². The van der Waals surface area contributed by atoms with Crippen LogP contribution in [0.3, 0.4) is 0 Å². The number of hydrogen-bond donors (Lipinski definition) is 1. The molecule has 1 atom stereocenters. The normalized spacial score (nSPS) is 13.8. The van der Waals surface area contributed by atoms with Crippen molar-refractivity contribution in [2.24, 2.45) is 0 Å². The quantitative estimate of drug-likeness (QED) is 0.871. The first kappa shape index (κ1) is 14.3. The van der Waals surface area contributed by atoms with Crippen molar-refractivity contribution in [2.75, 3.05) is 6.54 Å². The van der Waals surface area contributed by atoms with Crippen molar-refractivity contribution in [1.82, 2.24) is 5.32 Å². The summed E-state index contributed by atoms with van der Waals surface area (Å²) in [6, 6.07) is 4.20. The summed E-state index contributed by atoms with van der Waals surface area (Å²) >= 11 is 5.54. The number of alkyl halides is 3. The van der Waals surface area contributed by atoms with Gasteiger partial charge in [-0.3, -0.25) is 0 Å². The second-order valence-corrected chi connectivity index (χ2v) is 4.38. The van der Waals surface area contributed by atoms with Gasteiger partial charge in [-0.1, -0.05) is 24.6 Å². The summed E-state index contributed by atoms with van der Waals surface area (Å²) in [5, 5.41) is 2.90. The fourth-order valence-electron chi connectivity index (χ4n) is 1.69. The van der Waals surface area contributed by atoms with Gasteiger partial charge >= 0.3 is 6.18 Å². The third-order valence-corrected chi connectivity index (χ3v) is 2.76. The number of rotatable bonds is 4. The van der Waals surface area contributed by atoms with E-state index >= 15 is 0 Å². The molecule has 1 rings (SSSR count). The van der Waals surface area contributed by atoms with Gasteiger partial charge < -0.3 is 5.32 Å². The van der Waals surface area contributed by atoms with Crippen LogP contribution < -0.4 is 5.32 Å². The number of nitrogens with one attached hydrogen (secondary N) is 1. The van der Waals surface area contributed by atoms with Gasteiger partial charge in [-0.2, -0.15) is 13.2 Å². The Morgan fingerprint density at radius 2 is 2.00 bits per heavy atom. The second kappa shape index (κ2) is 5.74. The third-order valence-electron chi connectivity index (χ3n) is 2.43. The van der Waals surface area contributed by atoms with E-state index in [1.807, 2.05) is 13.8 Å². The maximum absolute atomic E-state index is 12.6. The highest BCUT2D eigenvalue weighted by atomic mass is 35.5. The Balaban J connectivity index is 2.89. The minimum absolute atomic E-state index is 0.141. The van der Waals surface area contributed by atoms with Crippen molar-refractivity contribution >= 4 is 11.6 Å². The molecule has 0 aromatic heterocycles. The van der Waals surface area contributed by atoms with Crippen molar-refractivity contribution in [3.8, 4) is 0 Å². The van der Waals surface area contributed by atoms with Crippen LogP contribution in [0.2, 0.25) is 5.02 Å². The summed E-state index contributed by atoms with van der Waals surface area (Å²) in [4.78, 5) is 0. The van der Waals surface area contributed by atoms with E-state index in [0.29, 0.717) is 12.0 Å². The Labute approximate surface area is 104 Å². The first-order chi connectivity index (χ1) is 7.84. The number of benzene rings is 1. The van der Waals surface area contributed by atoms with Crippen molar-refractivity contribution in [2.45, 2.75) is 32.5 Å². The Morgan fingerprint density at radius 1 is 1.35 bits per heavy atom. The Kier molecular flexibility index (Phi) is 4.83. The fraction of sp³-hybridized carbons (Fsp3) is 0.500. The van der Waals surface area contributed by atoms with Gasteiger partial charge in [0, 0.05) is 6.04 Å². The minimum atomic E-state index is -4.39. The zero-order valence-corrected chi connectivity index (χ0v) is 10.5. The van der Waals surface area contributed by atoms with Gasteiger partial charge in [0.25, 0.3) is 0 Å². The van der Waals surface area contributed by atoms with E-state index in [-0.39, 0.29) is 11.1 Å². The molecule has 1 nitrogen and oxygen atoms in total. The monoisotopic (exact) mass is 265 g/mol. The zero-order valence-electron chi connectivity index (χ0n) is 9.74. The Hall–Kier alpha value is -0.740. The molecule has 0 spiro atoms. The summed E-state index contributed by atoms with van der Waals surface area (Å²) < 4.78 is 37.8. The van der Waals surface area contributed by atoms with Crippen LogP contribution in [-0.2, 0) is 12.6 Å². The lowest BCUT2D eigenvalue weighted by Crippen LogP contribution is -2.27. The molecule has 0 bridgehead atoms. The average molecular weight is 266 g/mol. The highest BCUT2D eigenvalue weighted by Crippen LogP contribution is 2.35. The first-order valence-electron chi connectivity index (χ1n) is 5.43. The average Bonchev–Trinajstić information content (AvgIpc) is 2.19. The summed E-state index contributed by atoms with van der Waals surface area (Å²) in [5.74, 6) is 0. The third kappa shape index (κ3) is 4.21. The van der Waals surface area contributed by atoms with Gasteiger partial charge in [-0.25, -0.2) is 0 Å². The fourth-order valence-corrected chi connectivity index (χ4v) is 1.92. The topological polar surface area (TPSA) is 12.0 Å². The molecule has 1 N–H and O–H groups in total. The molecule has 0 radical (unpaired) electrons. The molecule has 1 unspecified atom stereocenters. The van der Waals surface area contributed by atoms with Gasteiger partial charge in [0.05, 0.1) is 10.6 Å². The van der Waals surface area contributed by atoms with Crippen molar-refractivity contribution in [3.05, 3.63) is 34.3 Å². The Morgan fingerprint density at radius 3 is 2.53 bits per heavy atom. The molecule has 1 aromatic rings. The van der Waals surface area contributed by atoms with E-state index in [2.05, 4.69) is 5.32 Å². The zero-order chi connectivity index (χ0) is 13.1. The predicted octanol–water partition coefficient (Wildman–Crippen LogP) is 3.90. The highest BCUT2D eigenvalue weighted by molar-refractivity contribution is 6.31. The molecule has 0 saturated heterocycles. The van der Waals surface area contributed by atoms with Crippen LogP contribution >= 0.6 is 11.6 Å². The lowest BCUT2D eigenvalue weighted by molar-refractivity contribution is -0.137. The van der Waals surface area contributed by atoms with E-state index in [1.54, 1.807) is 6.07 Å². The molecule has 1 aromatic carbocycles. The van der Waals surface area contributed by atoms with Crippen LogP contribution in [0.4, 0.5) is 13.2 Å². The summed E-state index contributed by atoms with van der Waals surface area (Å²) in [6.45, 7) is 4.69. The molecule has 0 saturated carbocycles. The van der Waals surface area contributed by atoms with Gasteiger partial charge in [0.1, 0.15) is 0 Å². The maximum atomic E-state index is 12.6. The van der Waals surface area contributed by atoms with Crippen molar-refractivity contribution < 1.29 is 13.2 Å². The lowest BCUT2D eigenvalue weighted by Gasteiger charge is -2.14. The molecule has 0 aliphatic carbocycles. The standard InChI is InChI=1S/C12H15ClF3N/c1-3-17-8(2)6-9-4-5-11(13)10(7-9)12(14,15)16/h4-5,7-8,17H,3,6H2,1-2H3. The van der Waals surface area contributed by atoms with Crippen LogP contribution in [0.25, 0.3) is 0 Å². The molecule has 0 aliphatic heterocycles. The number of likely N-dealkylation sites (N-methyl/N-ethyl adjacent to an activating group) is 1. The van der Waals surface area contributed by atoms with Crippen LogP contribution in [-0.4, -0.2) is 12.6 Å². The van der Waals surface area contributed by atoms with Crippen LogP contribution in [0.5, 0.6) is 0 Å². The maximum Gasteiger partial charge on any atom is 0.417 e. The van der Waals surface area contributed by atoms with Crippen molar-refractivity contribution in [3.63, 3.8) is 0 Å². The molecule has 0 aliphatic rings. The molecule has 17 heavy (non-hydrogen) atoms. The van der Waals surface area contributed by atoms with Gasteiger partial charge in [-0.05, 0) is 37.6 Å². The molecular formula is C12H15ClF3N. The van der Waals surface area contributed by atoms with E-state index in [1.165, 1.54) is 6.07 Å². The van der Waals surface area contributed by atoms with E-state index in [9.17, 15) is 13.2 Å². The molecule has 96 valence electrons. The van der Waals surface area contributed by atoms with Crippen LogP contribution in [0.15, 0.2) is 18.2 Å².